The maximum atomic E-state index is 15.1. The smallest absolute Gasteiger partial charge is 0.260 e. The molecule has 0 saturated carbocycles. The predicted molar refractivity (Wildman–Crippen MR) is 152 cm³/mol. The summed E-state index contributed by atoms with van der Waals surface area (Å²) in [6.07, 6.45) is 0.883. The number of rotatable bonds is 8. The van der Waals surface area contributed by atoms with Gasteiger partial charge in [0.25, 0.3) is 5.56 Å². The maximum absolute atomic E-state index is 15.1. The van der Waals surface area contributed by atoms with Crippen molar-refractivity contribution < 1.29 is 21.6 Å². The third kappa shape index (κ3) is 6.51. The molecule has 1 fully saturated rings. The van der Waals surface area contributed by atoms with Gasteiger partial charge in [-0.05, 0) is 55.3 Å². The molecule has 13 heteroatoms. The number of halogens is 3. The minimum Gasteiger partial charge on any atom is -0.350 e. The van der Waals surface area contributed by atoms with Gasteiger partial charge in [0, 0.05) is 48.7 Å². The molecule has 3 heterocycles. The fraction of sp³-hybridized carbons (Fsp3) is 0.321. The van der Waals surface area contributed by atoms with Gasteiger partial charge in [0.05, 0.1) is 11.4 Å². The molecule has 4 aromatic rings. The van der Waals surface area contributed by atoms with E-state index in [0.29, 0.717) is 36.1 Å². The number of piperidine rings is 1. The molecule has 0 radical (unpaired) electrons. The topological polar surface area (TPSA) is 118 Å². The number of nitrogens with one attached hydrogen (secondary N) is 3. The highest BCUT2D eigenvalue weighted by atomic mass is 32.2. The Kier molecular flexibility index (Phi) is 8.00. The lowest BCUT2D eigenvalue weighted by atomic mass is 10.0. The van der Waals surface area contributed by atoms with Crippen molar-refractivity contribution in [1.82, 2.24) is 19.9 Å². The predicted octanol–water partition coefficient (Wildman–Crippen LogP) is 4.37. The summed E-state index contributed by atoms with van der Waals surface area (Å²) in [5.74, 6) is -1.57. The van der Waals surface area contributed by atoms with E-state index in [2.05, 4.69) is 25.3 Å². The number of hydrogen-bond acceptors (Lipinski definition) is 7. The van der Waals surface area contributed by atoms with Gasteiger partial charge in [-0.25, -0.2) is 26.6 Å². The van der Waals surface area contributed by atoms with Crippen LogP contribution in [0.15, 0.2) is 59.5 Å². The van der Waals surface area contributed by atoms with E-state index in [0.717, 1.165) is 18.2 Å². The SMILES string of the molecule is CC(C)n1c(=O)c(-c2ccc(NS(=O)(=O)Cc3ccc(F)cc3)c(F)c2)cc2cnc(N[C@@H]3CNC[C@@H](F)C3)nc21. The Labute approximate surface area is 234 Å². The number of alkyl halides is 1. The molecule has 1 saturated heterocycles. The second kappa shape index (κ2) is 11.5. The number of nitrogens with zero attached hydrogens (tertiary/aromatic N) is 3. The highest BCUT2D eigenvalue weighted by Crippen LogP contribution is 2.27. The first-order valence-electron chi connectivity index (χ1n) is 13.1. The molecule has 5 rings (SSSR count). The number of sulfonamides is 1. The van der Waals surface area contributed by atoms with Crippen molar-refractivity contribution in [3.8, 4) is 11.1 Å². The van der Waals surface area contributed by atoms with Crippen molar-refractivity contribution in [2.24, 2.45) is 0 Å². The van der Waals surface area contributed by atoms with E-state index >= 15 is 4.39 Å². The van der Waals surface area contributed by atoms with Crippen molar-refractivity contribution in [2.75, 3.05) is 23.1 Å². The van der Waals surface area contributed by atoms with Crippen molar-refractivity contribution in [1.29, 1.82) is 0 Å². The summed E-state index contributed by atoms with van der Waals surface area (Å²) in [6, 6.07) is 9.80. The Morgan fingerprint density at radius 3 is 2.54 bits per heavy atom. The van der Waals surface area contributed by atoms with Crippen molar-refractivity contribution in [2.45, 2.75) is 44.3 Å². The lowest BCUT2D eigenvalue weighted by Crippen LogP contribution is -2.44. The Balaban J connectivity index is 1.44. The molecule has 3 N–H and O–H groups in total. The van der Waals surface area contributed by atoms with Gasteiger partial charge in [-0.2, -0.15) is 4.98 Å². The fourth-order valence-electron chi connectivity index (χ4n) is 4.83. The standard InChI is InChI=1S/C28H29F3N6O3S/c1-16(2)37-26-19(12-33-28(35-26)34-22-11-21(30)13-32-14-22)9-23(27(37)38)18-5-8-25(24(31)10-18)36-41(39,40)15-17-3-6-20(29)7-4-17/h3-10,12,16,21-22,32,36H,11,13-15H2,1-2H3,(H,33,34,35)/t21-,22-/m0/s1. The summed E-state index contributed by atoms with van der Waals surface area (Å²) in [6.45, 7) is 4.49. The Bertz CT molecular complexity index is 1750. The Morgan fingerprint density at radius 2 is 1.85 bits per heavy atom. The summed E-state index contributed by atoms with van der Waals surface area (Å²) in [4.78, 5) is 22.5. The molecule has 2 atom stereocenters. The van der Waals surface area contributed by atoms with Crippen LogP contribution in [-0.4, -0.2) is 48.3 Å². The third-order valence-electron chi connectivity index (χ3n) is 6.74. The van der Waals surface area contributed by atoms with E-state index in [4.69, 9.17) is 0 Å². The average Bonchev–Trinajstić information content (AvgIpc) is 2.90. The van der Waals surface area contributed by atoms with Crippen LogP contribution in [0, 0.1) is 11.6 Å². The largest absolute Gasteiger partial charge is 0.350 e. The molecule has 0 aliphatic carbocycles. The zero-order valence-electron chi connectivity index (χ0n) is 22.4. The number of benzene rings is 2. The van der Waals surface area contributed by atoms with Crippen molar-refractivity contribution in [3.05, 3.63) is 82.3 Å². The van der Waals surface area contributed by atoms with Crippen molar-refractivity contribution >= 4 is 32.7 Å². The second-order valence-corrected chi connectivity index (χ2v) is 12.0. The number of fused-ring (bicyclic) bond motifs is 1. The van der Waals surface area contributed by atoms with Gasteiger partial charge in [-0.15, -0.1) is 0 Å². The molecular formula is C28H29F3N6O3S. The van der Waals surface area contributed by atoms with Crippen LogP contribution in [0.25, 0.3) is 22.2 Å². The normalized spacial score (nSPS) is 17.6. The van der Waals surface area contributed by atoms with Crippen LogP contribution in [0.1, 0.15) is 31.9 Å². The fourth-order valence-corrected chi connectivity index (χ4v) is 6.03. The first-order valence-corrected chi connectivity index (χ1v) is 14.7. The van der Waals surface area contributed by atoms with Crippen LogP contribution < -0.4 is 20.9 Å². The van der Waals surface area contributed by atoms with Crippen LogP contribution >= 0.6 is 0 Å². The second-order valence-electron chi connectivity index (χ2n) is 10.3. The first-order chi connectivity index (χ1) is 19.5. The minimum absolute atomic E-state index is 0.187. The molecule has 41 heavy (non-hydrogen) atoms. The summed E-state index contributed by atoms with van der Waals surface area (Å²) >= 11 is 0. The van der Waals surface area contributed by atoms with E-state index in [1.807, 2.05) is 13.8 Å². The zero-order valence-corrected chi connectivity index (χ0v) is 23.2. The lowest BCUT2D eigenvalue weighted by Gasteiger charge is -2.26. The van der Waals surface area contributed by atoms with E-state index < -0.39 is 39.1 Å². The molecule has 0 spiro atoms. The van der Waals surface area contributed by atoms with Crippen LogP contribution in [0.3, 0.4) is 0 Å². The van der Waals surface area contributed by atoms with Gasteiger partial charge in [0.2, 0.25) is 16.0 Å². The van der Waals surface area contributed by atoms with Crippen molar-refractivity contribution in [3.63, 3.8) is 0 Å². The number of hydrogen-bond donors (Lipinski definition) is 3. The molecule has 1 aliphatic rings. The lowest BCUT2D eigenvalue weighted by molar-refractivity contribution is 0.254. The third-order valence-corrected chi connectivity index (χ3v) is 7.98. The zero-order chi connectivity index (χ0) is 29.3. The van der Waals surface area contributed by atoms with Gasteiger partial charge < -0.3 is 10.6 Å². The van der Waals surface area contributed by atoms with Gasteiger partial charge in [0.1, 0.15) is 23.5 Å². The average molecular weight is 587 g/mol. The van der Waals surface area contributed by atoms with E-state index in [1.165, 1.54) is 28.8 Å². The minimum atomic E-state index is -4.00. The molecule has 0 unspecified atom stereocenters. The van der Waals surface area contributed by atoms with E-state index in [9.17, 15) is 22.0 Å². The first kappa shape index (κ1) is 28.6. The van der Waals surface area contributed by atoms with Crippen LogP contribution in [-0.2, 0) is 15.8 Å². The number of aromatic nitrogens is 3. The summed E-state index contributed by atoms with van der Waals surface area (Å²) < 4.78 is 70.9. The molecular weight excluding hydrogens is 557 g/mol. The highest BCUT2D eigenvalue weighted by Gasteiger charge is 2.23. The Hall–Kier alpha value is -3.97. The summed E-state index contributed by atoms with van der Waals surface area (Å²) in [5.41, 5.74) is 0.444. The van der Waals surface area contributed by atoms with Gasteiger partial charge in [0.15, 0.2) is 0 Å². The Morgan fingerprint density at radius 1 is 1.10 bits per heavy atom. The van der Waals surface area contributed by atoms with Crippen LogP contribution in [0.2, 0.25) is 0 Å². The van der Waals surface area contributed by atoms with Crippen LogP contribution in [0.5, 0.6) is 0 Å². The van der Waals surface area contributed by atoms with E-state index in [1.54, 1.807) is 12.3 Å². The van der Waals surface area contributed by atoms with Gasteiger partial charge >= 0.3 is 0 Å². The molecule has 1 aliphatic heterocycles. The molecule has 0 bridgehead atoms. The maximum Gasteiger partial charge on any atom is 0.260 e. The molecule has 9 nitrogen and oxygen atoms in total. The van der Waals surface area contributed by atoms with E-state index in [-0.39, 0.29) is 34.8 Å². The highest BCUT2D eigenvalue weighted by molar-refractivity contribution is 7.91. The molecule has 0 amide bonds. The van der Waals surface area contributed by atoms with Gasteiger partial charge in [-0.3, -0.25) is 14.1 Å². The quantitative estimate of drug-likeness (QED) is 0.281. The summed E-state index contributed by atoms with van der Waals surface area (Å²) in [5, 5.41) is 6.67. The molecule has 216 valence electrons. The van der Waals surface area contributed by atoms with Gasteiger partial charge in [-0.1, -0.05) is 18.2 Å². The summed E-state index contributed by atoms with van der Waals surface area (Å²) in [7, 11) is -4.00. The monoisotopic (exact) mass is 586 g/mol. The van der Waals surface area contributed by atoms with Crippen LogP contribution in [0.4, 0.5) is 24.8 Å². The number of anilines is 2. The molecule has 2 aromatic heterocycles. The number of pyridine rings is 1. The molecule has 2 aromatic carbocycles.